The highest BCUT2D eigenvalue weighted by molar-refractivity contribution is 8.04. The number of allylic oxidation sites excluding steroid dienone is 5. The molecule has 1 aliphatic heterocycles. The highest BCUT2D eigenvalue weighted by atomic mass is 32.2. The first-order valence-electron chi connectivity index (χ1n) is 7.80. The van der Waals surface area contributed by atoms with Gasteiger partial charge in [0, 0.05) is 23.4 Å². The van der Waals surface area contributed by atoms with E-state index in [1.807, 2.05) is 26.2 Å². The summed E-state index contributed by atoms with van der Waals surface area (Å²) in [4.78, 5) is 14.7. The molecule has 0 saturated carbocycles. The summed E-state index contributed by atoms with van der Waals surface area (Å²) in [6.45, 7) is 0.864. The second-order valence-corrected chi connectivity index (χ2v) is 7.27. The molecule has 1 unspecified atom stereocenters. The summed E-state index contributed by atoms with van der Waals surface area (Å²) in [5, 5.41) is 9.69. The summed E-state index contributed by atoms with van der Waals surface area (Å²) in [6.07, 6.45) is 12.5. The fourth-order valence-electron chi connectivity index (χ4n) is 2.85. The minimum absolute atomic E-state index is 0.206. The van der Waals surface area contributed by atoms with E-state index in [0.29, 0.717) is 11.3 Å². The van der Waals surface area contributed by atoms with Crippen LogP contribution in [0.1, 0.15) is 19.3 Å². The smallest absolute Gasteiger partial charge is 0.339 e. The van der Waals surface area contributed by atoms with Crippen LogP contribution in [0.15, 0.2) is 57.9 Å². The zero-order chi connectivity index (χ0) is 16.4. The predicted octanol–water partition coefficient (Wildman–Crippen LogP) is 3.47. The normalized spacial score (nSPS) is 23.3. The summed E-state index contributed by atoms with van der Waals surface area (Å²) in [6, 6.07) is 0. The number of rotatable bonds is 4. The van der Waals surface area contributed by atoms with E-state index in [9.17, 15) is 9.90 Å². The first-order chi connectivity index (χ1) is 11.1. The monoisotopic (exact) mass is 331 g/mol. The van der Waals surface area contributed by atoms with Gasteiger partial charge in [0.25, 0.3) is 0 Å². The Bertz CT molecular complexity index is 668. The highest BCUT2D eigenvalue weighted by Gasteiger charge is 2.31. The number of nitrogens with zero attached hydrogens (tertiary/aromatic N) is 1. The third-order valence-electron chi connectivity index (χ3n) is 4.03. The summed E-state index contributed by atoms with van der Waals surface area (Å²) in [7, 11) is 4.05. The summed E-state index contributed by atoms with van der Waals surface area (Å²) in [5.74, 6) is 0.521. The van der Waals surface area contributed by atoms with Crippen molar-refractivity contribution in [1.29, 1.82) is 0 Å². The van der Waals surface area contributed by atoms with Crippen LogP contribution in [0.5, 0.6) is 0 Å². The molecule has 3 rings (SSSR count). The lowest BCUT2D eigenvalue weighted by molar-refractivity contribution is -0.132. The second kappa shape index (κ2) is 6.81. The molecule has 122 valence electrons. The molecule has 1 N–H and O–H groups in total. The van der Waals surface area contributed by atoms with Crippen LogP contribution in [0, 0.1) is 0 Å². The van der Waals surface area contributed by atoms with Crippen LogP contribution >= 0.6 is 11.8 Å². The molecule has 2 aliphatic carbocycles. The van der Waals surface area contributed by atoms with Gasteiger partial charge < -0.3 is 14.7 Å². The van der Waals surface area contributed by atoms with E-state index < -0.39 is 5.97 Å². The van der Waals surface area contributed by atoms with Crippen LogP contribution in [0.3, 0.4) is 0 Å². The molecule has 0 radical (unpaired) electrons. The fraction of sp³-hybridized carbons (Fsp3) is 0.389. The molecule has 23 heavy (non-hydrogen) atoms. The summed E-state index contributed by atoms with van der Waals surface area (Å²) in [5.41, 5.74) is 1.45. The largest absolute Gasteiger partial charge is 0.478 e. The van der Waals surface area contributed by atoms with Gasteiger partial charge in [-0.05, 0) is 26.9 Å². The average molecular weight is 331 g/mol. The number of carbonyl (C=O) groups is 1. The number of ether oxygens (including phenoxy) is 1. The minimum Gasteiger partial charge on any atom is -0.478 e. The number of hydrogen-bond donors (Lipinski definition) is 1. The number of hydrogen-bond acceptors (Lipinski definition) is 4. The van der Waals surface area contributed by atoms with Gasteiger partial charge in [0.1, 0.15) is 5.76 Å². The van der Waals surface area contributed by atoms with Crippen molar-refractivity contribution in [1.82, 2.24) is 4.90 Å². The molecule has 0 spiro atoms. The van der Waals surface area contributed by atoms with Crippen LogP contribution < -0.4 is 0 Å². The Morgan fingerprint density at radius 2 is 2.26 bits per heavy atom. The maximum atomic E-state index is 11.6. The molecule has 0 fully saturated rings. The molecule has 0 aromatic rings. The third kappa shape index (κ3) is 3.46. The van der Waals surface area contributed by atoms with Crippen LogP contribution in [-0.4, -0.2) is 41.9 Å². The average Bonchev–Trinajstić information content (AvgIpc) is 2.68. The van der Waals surface area contributed by atoms with Crippen LogP contribution in [0.2, 0.25) is 0 Å². The Balaban J connectivity index is 1.99. The number of aliphatic carboxylic acids is 1. The van der Waals surface area contributed by atoms with Crippen LogP contribution in [0.25, 0.3) is 0 Å². The molecule has 0 saturated heterocycles. The molecule has 0 amide bonds. The lowest BCUT2D eigenvalue weighted by Gasteiger charge is -2.20. The Kier molecular flexibility index (Phi) is 4.78. The Morgan fingerprint density at radius 1 is 1.43 bits per heavy atom. The van der Waals surface area contributed by atoms with Gasteiger partial charge in [0.2, 0.25) is 0 Å². The molecule has 3 aliphatic rings. The number of carboxylic acid groups (broad SMARTS) is 1. The minimum atomic E-state index is -0.911. The summed E-state index contributed by atoms with van der Waals surface area (Å²) >= 11 is 1.72. The quantitative estimate of drug-likeness (QED) is 0.855. The first-order valence-corrected chi connectivity index (χ1v) is 8.68. The van der Waals surface area contributed by atoms with Crippen molar-refractivity contribution in [2.45, 2.75) is 24.5 Å². The van der Waals surface area contributed by atoms with E-state index in [0.717, 1.165) is 42.0 Å². The van der Waals surface area contributed by atoms with E-state index in [2.05, 4.69) is 17.1 Å². The molecule has 0 aromatic carbocycles. The van der Waals surface area contributed by atoms with Crippen molar-refractivity contribution in [2.24, 2.45) is 0 Å². The topological polar surface area (TPSA) is 49.8 Å². The van der Waals surface area contributed by atoms with Gasteiger partial charge in [0.05, 0.1) is 10.8 Å². The number of carboxylic acids is 1. The van der Waals surface area contributed by atoms with Crippen LogP contribution in [0.4, 0.5) is 0 Å². The van der Waals surface area contributed by atoms with Gasteiger partial charge in [-0.3, -0.25) is 0 Å². The molecule has 0 bridgehead atoms. The molecule has 0 aromatic heterocycles. The zero-order valence-corrected chi connectivity index (χ0v) is 14.2. The van der Waals surface area contributed by atoms with Crippen molar-refractivity contribution in [2.75, 3.05) is 20.6 Å². The molecular weight excluding hydrogens is 310 g/mol. The van der Waals surface area contributed by atoms with E-state index in [1.165, 1.54) is 0 Å². The Labute approximate surface area is 140 Å². The van der Waals surface area contributed by atoms with E-state index in [1.54, 1.807) is 17.8 Å². The molecule has 1 heterocycles. The first kappa shape index (κ1) is 16.1. The Morgan fingerprint density at radius 3 is 3.00 bits per heavy atom. The standard InChI is InChI=1S/C18H21NO3S/c1-19(2)11-10-14-12-6-3-4-8-15(12)23-16-9-5-7-13(18(20)21)17(16)22-14/h3-4,6-8,15H,5,9-11H2,1-2H3,(H,20,21). The van der Waals surface area contributed by atoms with Gasteiger partial charge in [-0.15, -0.1) is 11.8 Å². The van der Waals surface area contributed by atoms with Crippen molar-refractivity contribution in [3.8, 4) is 0 Å². The number of fused-ring (bicyclic) bond motifs is 1. The summed E-state index contributed by atoms with van der Waals surface area (Å²) < 4.78 is 6.19. The fourth-order valence-corrected chi connectivity index (χ4v) is 4.15. The van der Waals surface area contributed by atoms with Crippen molar-refractivity contribution < 1.29 is 14.6 Å². The molecule has 5 heteroatoms. The molecule has 4 nitrogen and oxygen atoms in total. The lowest BCUT2D eigenvalue weighted by Crippen LogP contribution is -2.16. The second-order valence-electron chi connectivity index (χ2n) is 6.03. The zero-order valence-electron chi connectivity index (χ0n) is 13.4. The van der Waals surface area contributed by atoms with E-state index >= 15 is 0 Å². The maximum absolute atomic E-state index is 11.6. The van der Waals surface area contributed by atoms with E-state index in [4.69, 9.17) is 4.74 Å². The molecular formula is C18H21NO3S. The lowest BCUT2D eigenvalue weighted by atomic mass is 10.0. The third-order valence-corrected chi connectivity index (χ3v) is 5.37. The Hall–Kier alpha value is -1.72. The van der Waals surface area contributed by atoms with Gasteiger partial charge in [-0.25, -0.2) is 4.79 Å². The molecule has 1 atom stereocenters. The maximum Gasteiger partial charge on any atom is 0.339 e. The van der Waals surface area contributed by atoms with Crippen molar-refractivity contribution in [3.63, 3.8) is 0 Å². The predicted molar refractivity (Wildman–Crippen MR) is 92.9 cm³/mol. The van der Waals surface area contributed by atoms with Gasteiger partial charge >= 0.3 is 5.97 Å². The number of thioether (sulfide) groups is 1. The van der Waals surface area contributed by atoms with Crippen molar-refractivity contribution >= 4 is 17.7 Å². The highest BCUT2D eigenvalue weighted by Crippen LogP contribution is 2.44. The van der Waals surface area contributed by atoms with Gasteiger partial charge in [-0.1, -0.05) is 30.4 Å². The SMILES string of the molecule is CN(C)CCC1=C2C=CC=CC2SC2=C(O1)C(C(=O)O)=CCC2. The van der Waals surface area contributed by atoms with Gasteiger partial charge in [-0.2, -0.15) is 0 Å². The van der Waals surface area contributed by atoms with Crippen LogP contribution in [-0.2, 0) is 9.53 Å². The van der Waals surface area contributed by atoms with Crippen molar-refractivity contribution in [3.05, 3.63) is 57.9 Å². The van der Waals surface area contributed by atoms with E-state index in [-0.39, 0.29) is 5.25 Å². The van der Waals surface area contributed by atoms with Gasteiger partial charge in [0.15, 0.2) is 5.76 Å².